The van der Waals surface area contributed by atoms with Gasteiger partial charge in [-0.15, -0.1) is 0 Å². The average molecular weight is 359 g/mol. The van der Waals surface area contributed by atoms with E-state index in [0.717, 1.165) is 0 Å². The van der Waals surface area contributed by atoms with Crippen LogP contribution in [0.1, 0.15) is 12.8 Å². The van der Waals surface area contributed by atoms with Gasteiger partial charge in [-0.05, 0) is 6.42 Å². The van der Waals surface area contributed by atoms with Crippen LogP contribution < -0.4 is 0 Å². The Labute approximate surface area is 129 Å². The summed E-state index contributed by atoms with van der Waals surface area (Å²) in [5.41, 5.74) is 0. The molecular formula is C10H18NO11P. The Balaban J connectivity index is 3.15. The summed E-state index contributed by atoms with van der Waals surface area (Å²) in [6, 6.07) is -1.99. The van der Waals surface area contributed by atoms with Crippen LogP contribution in [-0.4, -0.2) is 89.1 Å². The summed E-state index contributed by atoms with van der Waals surface area (Å²) in [6.45, 7) is -0.781. The van der Waals surface area contributed by atoms with Gasteiger partial charge in [-0.25, -0.2) is 4.57 Å². The zero-order valence-electron chi connectivity index (χ0n) is 11.7. The molecular weight excluding hydrogens is 341 g/mol. The number of aliphatic hydroxyl groups is 3. The molecule has 134 valence electrons. The van der Waals surface area contributed by atoms with E-state index in [-0.39, 0.29) is 4.67 Å². The Bertz CT molecular complexity index is 493. The van der Waals surface area contributed by atoms with Gasteiger partial charge in [0, 0.05) is 6.42 Å². The van der Waals surface area contributed by atoms with Gasteiger partial charge in [0.1, 0.15) is 30.6 Å². The molecule has 0 radical (unpaired) electrons. The molecule has 1 heterocycles. The normalized spacial score (nSPS) is 29.7. The van der Waals surface area contributed by atoms with E-state index in [1.807, 2.05) is 0 Å². The van der Waals surface area contributed by atoms with Gasteiger partial charge in [-0.2, -0.15) is 4.67 Å². The molecule has 1 rings (SSSR count). The summed E-state index contributed by atoms with van der Waals surface area (Å²) >= 11 is 0. The fourth-order valence-corrected chi connectivity index (χ4v) is 3.30. The van der Waals surface area contributed by atoms with Crippen LogP contribution in [0.2, 0.25) is 0 Å². The van der Waals surface area contributed by atoms with Gasteiger partial charge in [0.2, 0.25) is 0 Å². The van der Waals surface area contributed by atoms with Gasteiger partial charge in [0.15, 0.2) is 0 Å². The largest absolute Gasteiger partial charge is 0.481 e. The number of aliphatic carboxylic acids is 2. The monoisotopic (exact) mass is 359 g/mol. The van der Waals surface area contributed by atoms with Crippen molar-refractivity contribution in [3.8, 4) is 0 Å². The van der Waals surface area contributed by atoms with Crippen LogP contribution in [0.4, 0.5) is 0 Å². The smallest absolute Gasteiger partial charge is 0.406 e. The van der Waals surface area contributed by atoms with Gasteiger partial charge in [0.25, 0.3) is 0 Å². The average Bonchev–Trinajstić information content (AvgIpc) is 2.68. The van der Waals surface area contributed by atoms with Gasteiger partial charge in [-0.1, -0.05) is 0 Å². The Kier molecular flexibility index (Phi) is 6.62. The molecule has 0 aromatic heterocycles. The van der Waals surface area contributed by atoms with Crippen LogP contribution in [0.5, 0.6) is 0 Å². The van der Waals surface area contributed by atoms with E-state index < -0.39 is 69.7 Å². The third-order valence-corrected chi connectivity index (χ3v) is 4.42. The third kappa shape index (κ3) is 4.68. The lowest BCUT2D eigenvalue weighted by Gasteiger charge is -2.34. The zero-order valence-corrected chi connectivity index (χ0v) is 12.6. The first kappa shape index (κ1) is 19.9. The Hall–Kier alpha value is -1.11. The summed E-state index contributed by atoms with van der Waals surface area (Å²) in [7, 11) is -5.31. The van der Waals surface area contributed by atoms with Crippen molar-refractivity contribution in [1.29, 1.82) is 0 Å². The number of carboxylic acids is 2. The maximum absolute atomic E-state index is 11.6. The second kappa shape index (κ2) is 7.64. The van der Waals surface area contributed by atoms with Crippen molar-refractivity contribution in [3.05, 3.63) is 0 Å². The molecule has 0 aromatic rings. The molecule has 0 saturated carbocycles. The van der Waals surface area contributed by atoms with E-state index in [9.17, 15) is 34.2 Å². The second-order valence-electron chi connectivity index (χ2n) is 4.91. The number of hydrogen-bond acceptors (Lipinski definition) is 7. The van der Waals surface area contributed by atoms with Crippen LogP contribution in [0.25, 0.3) is 0 Å². The fourth-order valence-electron chi connectivity index (χ4n) is 2.23. The van der Waals surface area contributed by atoms with Gasteiger partial charge in [-0.3, -0.25) is 9.59 Å². The number of nitrogens with zero attached hydrogens (tertiary/aromatic N) is 1. The van der Waals surface area contributed by atoms with Crippen molar-refractivity contribution in [2.24, 2.45) is 0 Å². The zero-order chi connectivity index (χ0) is 17.9. The van der Waals surface area contributed by atoms with Crippen LogP contribution in [0.15, 0.2) is 0 Å². The van der Waals surface area contributed by atoms with Crippen molar-refractivity contribution < 1.29 is 54.2 Å². The molecule has 1 fully saturated rings. The SMILES string of the molecule is O=C(O)CC[C@@H](C(=O)O)N(C1O[C@H](CO)[C@@H](O)[C@H]1O)P(=O)(O)O. The number of carbonyl (C=O) groups is 2. The van der Waals surface area contributed by atoms with E-state index >= 15 is 0 Å². The van der Waals surface area contributed by atoms with Crippen LogP contribution in [-0.2, 0) is 18.9 Å². The molecule has 23 heavy (non-hydrogen) atoms. The standard InChI is InChI=1S/C10H18NO11P/c12-3-5-7(15)8(16)9(22-5)11(23(19,20)21)4(10(17)18)1-2-6(13)14/h4-5,7-9,12,15-16H,1-3H2,(H,13,14)(H,17,18)(H2,19,20,21)/t4-,5+,7+,8+,9?/m0/s1. The number of carboxylic acid groups (broad SMARTS) is 2. The molecule has 0 spiro atoms. The number of ether oxygens (including phenoxy) is 1. The molecule has 1 unspecified atom stereocenters. The Morgan fingerprint density at radius 1 is 1.17 bits per heavy atom. The van der Waals surface area contributed by atoms with Crippen molar-refractivity contribution >= 4 is 19.7 Å². The van der Waals surface area contributed by atoms with Gasteiger partial charge in [0.05, 0.1) is 6.61 Å². The molecule has 0 bridgehead atoms. The molecule has 1 saturated heterocycles. The maximum atomic E-state index is 11.6. The number of aliphatic hydroxyl groups excluding tert-OH is 3. The first-order valence-corrected chi connectivity index (χ1v) is 7.98. The van der Waals surface area contributed by atoms with Crippen molar-refractivity contribution in [1.82, 2.24) is 4.67 Å². The van der Waals surface area contributed by atoms with E-state index in [1.54, 1.807) is 0 Å². The molecule has 7 N–H and O–H groups in total. The minimum absolute atomic E-state index is 0.00181. The van der Waals surface area contributed by atoms with Crippen molar-refractivity contribution in [2.75, 3.05) is 6.61 Å². The minimum Gasteiger partial charge on any atom is -0.481 e. The van der Waals surface area contributed by atoms with Crippen LogP contribution >= 0.6 is 7.75 Å². The first-order valence-electron chi connectivity index (χ1n) is 6.42. The Morgan fingerprint density at radius 3 is 2.09 bits per heavy atom. The quantitative estimate of drug-likeness (QED) is 0.218. The van der Waals surface area contributed by atoms with E-state index in [0.29, 0.717) is 0 Å². The van der Waals surface area contributed by atoms with Crippen LogP contribution in [0.3, 0.4) is 0 Å². The minimum atomic E-state index is -5.31. The number of hydrogen-bond donors (Lipinski definition) is 7. The van der Waals surface area contributed by atoms with Crippen molar-refractivity contribution in [2.45, 2.75) is 43.4 Å². The van der Waals surface area contributed by atoms with E-state index in [2.05, 4.69) is 0 Å². The maximum Gasteiger partial charge on any atom is 0.406 e. The van der Waals surface area contributed by atoms with Gasteiger partial charge >= 0.3 is 19.7 Å². The molecule has 0 aromatic carbocycles. The highest BCUT2D eigenvalue weighted by Gasteiger charge is 2.53. The molecule has 5 atom stereocenters. The predicted octanol–water partition coefficient (Wildman–Crippen LogP) is -2.86. The van der Waals surface area contributed by atoms with Crippen molar-refractivity contribution in [3.63, 3.8) is 0 Å². The summed E-state index contributed by atoms with van der Waals surface area (Å²) in [5, 5.41) is 46.2. The predicted molar refractivity (Wildman–Crippen MR) is 69.9 cm³/mol. The Morgan fingerprint density at radius 2 is 1.74 bits per heavy atom. The molecule has 13 heteroatoms. The first-order chi connectivity index (χ1) is 10.5. The molecule has 1 aliphatic rings. The van der Waals surface area contributed by atoms with Crippen LogP contribution in [0, 0.1) is 0 Å². The molecule has 12 nitrogen and oxygen atoms in total. The molecule has 0 amide bonds. The summed E-state index contributed by atoms with van der Waals surface area (Å²) in [5.74, 6) is -3.13. The lowest BCUT2D eigenvalue weighted by atomic mass is 10.1. The van der Waals surface area contributed by atoms with E-state index in [1.165, 1.54) is 0 Å². The summed E-state index contributed by atoms with van der Waals surface area (Å²) in [6.07, 6.45) is -8.31. The van der Waals surface area contributed by atoms with E-state index in [4.69, 9.17) is 20.1 Å². The second-order valence-corrected chi connectivity index (χ2v) is 6.40. The third-order valence-electron chi connectivity index (χ3n) is 3.31. The highest BCUT2D eigenvalue weighted by Crippen LogP contribution is 2.47. The fraction of sp³-hybridized carbons (Fsp3) is 0.800. The summed E-state index contributed by atoms with van der Waals surface area (Å²) in [4.78, 5) is 40.6. The highest BCUT2D eigenvalue weighted by atomic mass is 31.2. The topological polar surface area (TPSA) is 205 Å². The lowest BCUT2D eigenvalue weighted by Crippen LogP contribution is -2.50. The lowest BCUT2D eigenvalue weighted by molar-refractivity contribution is -0.150. The molecule has 0 aliphatic carbocycles. The summed E-state index contributed by atoms with van der Waals surface area (Å²) < 4.78 is 16.6. The highest BCUT2D eigenvalue weighted by molar-refractivity contribution is 7.49. The number of rotatable bonds is 8. The molecule has 1 aliphatic heterocycles. The van der Waals surface area contributed by atoms with Gasteiger partial charge < -0.3 is 40.1 Å².